The minimum atomic E-state index is 0.747. The van der Waals surface area contributed by atoms with Crippen molar-refractivity contribution in [3.05, 3.63) is 30.3 Å². The summed E-state index contributed by atoms with van der Waals surface area (Å²) in [5, 5.41) is 3.79. The molecule has 1 aromatic rings. The predicted molar refractivity (Wildman–Crippen MR) is 85.8 cm³/mol. The van der Waals surface area contributed by atoms with Crippen LogP contribution in [0, 0.1) is 5.92 Å². The average Bonchev–Trinajstić information content (AvgIpc) is 2.49. The average molecular weight is 277 g/mol. The molecule has 0 radical (unpaired) electrons. The lowest BCUT2D eigenvalue weighted by Crippen LogP contribution is -2.37. The molecule has 2 heteroatoms. The summed E-state index contributed by atoms with van der Waals surface area (Å²) in [5.41, 5.74) is 0. The highest BCUT2D eigenvalue weighted by Crippen LogP contribution is 2.27. The van der Waals surface area contributed by atoms with Gasteiger partial charge in [0.25, 0.3) is 0 Å². The van der Waals surface area contributed by atoms with E-state index in [0.29, 0.717) is 0 Å². The molecule has 1 aliphatic carbocycles. The van der Waals surface area contributed by atoms with Crippen molar-refractivity contribution in [1.29, 1.82) is 0 Å². The third-order valence-electron chi connectivity index (χ3n) is 4.18. The summed E-state index contributed by atoms with van der Waals surface area (Å²) < 4.78 is 0. The lowest BCUT2D eigenvalue weighted by molar-refractivity contribution is 0.266. The van der Waals surface area contributed by atoms with E-state index in [4.69, 9.17) is 0 Å². The van der Waals surface area contributed by atoms with Gasteiger partial charge < -0.3 is 5.32 Å². The Balaban J connectivity index is 1.65. The fourth-order valence-corrected chi connectivity index (χ4v) is 3.92. The number of nitrogens with one attached hydrogen (secondary N) is 1. The fraction of sp³-hybridized carbons (Fsp3) is 0.647. The molecule has 1 aromatic carbocycles. The Hall–Kier alpha value is -0.470. The Kier molecular flexibility index (Phi) is 6.80. The molecule has 1 saturated carbocycles. The summed E-state index contributed by atoms with van der Waals surface area (Å²) in [6.07, 6.45) is 8.51. The zero-order chi connectivity index (χ0) is 13.3. The summed E-state index contributed by atoms with van der Waals surface area (Å²) in [7, 11) is 0. The molecule has 0 spiro atoms. The van der Waals surface area contributed by atoms with Crippen molar-refractivity contribution in [3.8, 4) is 0 Å². The summed E-state index contributed by atoms with van der Waals surface area (Å²) in [4.78, 5) is 1.38. The van der Waals surface area contributed by atoms with E-state index in [1.54, 1.807) is 0 Å². The largest absolute Gasteiger partial charge is 0.313 e. The van der Waals surface area contributed by atoms with Gasteiger partial charge in [0.2, 0.25) is 0 Å². The van der Waals surface area contributed by atoms with Gasteiger partial charge in [0.15, 0.2) is 0 Å². The second-order valence-electron chi connectivity index (χ2n) is 5.53. The number of hydrogen-bond donors (Lipinski definition) is 1. The number of rotatable bonds is 7. The molecule has 0 heterocycles. The van der Waals surface area contributed by atoms with E-state index in [1.165, 1.54) is 49.2 Å². The molecular weight excluding hydrogens is 250 g/mol. The number of benzene rings is 1. The van der Waals surface area contributed by atoms with Gasteiger partial charge in [0, 0.05) is 23.2 Å². The van der Waals surface area contributed by atoms with Crippen LogP contribution in [0.4, 0.5) is 0 Å². The van der Waals surface area contributed by atoms with Crippen LogP contribution in [0.5, 0.6) is 0 Å². The maximum absolute atomic E-state index is 3.79. The lowest BCUT2D eigenvalue weighted by Gasteiger charge is -2.30. The monoisotopic (exact) mass is 277 g/mol. The molecule has 1 atom stereocenters. The van der Waals surface area contributed by atoms with Crippen molar-refractivity contribution in [2.24, 2.45) is 5.92 Å². The SMILES string of the molecule is CCC(NCCSc1ccccc1)C1CCCCC1. The van der Waals surface area contributed by atoms with Gasteiger partial charge in [-0.05, 0) is 37.3 Å². The molecule has 0 amide bonds. The topological polar surface area (TPSA) is 12.0 Å². The highest BCUT2D eigenvalue weighted by atomic mass is 32.2. The molecule has 0 aliphatic heterocycles. The second-order valence-corrected chi connectivity index (χ2v) is 6.70. The Labute approximate surface area is 122 Å². The number of hydrogen-bond acceptors (Lipinski definition) is 2. The van der Waals surface area contributed by atoms with Crippen LogP contribution < -0.4 is 5.32 Å². The van der Waals surface area contributed by atoms with Crippen molar-refractivity contribution in [2.45, 2.75) is 56.4 Å². The Bertz CT molecular complexity index is 332. The third kappa shape index (κ3) is 5.19. The zero-order valence-corrected chi connectivity index (χ0v) is 12.9. The van der Waals surface area contributed by atoms with Crippen LogP contribution in [-0.4, -0.2) is 18.3 Å². The molecule has 1 fully saturated rings. The highest BCUT2D eigenvalue weighted by Gasteiger charge is 2.21. The van der Waals surface area contributed by atoms with Crippen molar-refractivity contribution >= 4 is 11.8 Å². The van der Waals surface area contributed by atoms with E-state index in [2.05, 4.69) is 42.6 Å². The van der Waals surface area contributed by atoms with E-state index >= 15 is 0 Å². The first kappa shape index (κ1) is 14.9. The summed E-state index contributed by atoms with van der Waals surface area (Å²) >= 11 is 1.96. The van der Waals surface area contributed by atoms with E-state index in [1.807, 2.05) is 11.8 Å². The Morgan fingerprint density at radius 1 is 1.16 bits per heavy atom. The van der Waals surface area contributed by atoms with Gasteiger partial charge in [-0.15, -0.1) is 11.8 Å². The van der Waals surface area contributed by atoms with Crippen molar-refractivity contribution in [3.63, 3.8) is 0 Å². The molecule has 1 unspecified atom stereocenters. The van der Waals surface area contributed by atoms with Crippen molar-refractivity contribution in [2.75, 3.05) is 12.3 Å². The van der Waals surface area contributed by atoms with Crippen LogP contribution in [0.15, 0.2) is 35.2 Å². The van der Waals surface area contributed by atoms with E-state index in [-0.39, 0.29) is 0 Å². The quantitative estimate of drug-likeness (QED) is 0.571. The summed E-state index contributed by atoms with van der Waals surface area (Å²) in [6, 6.07) is 11.5. The second kappa shape index (κ2) is 8.65. The maximum atomic E-state index is 3.79. The highest BCUT2D eigenvalue weighted by molar-refractivity contribution is 7.99. The molecule has 106 valence electrons. The number of thioether (sulfide) groups is 1. The van der Waals surface area contributed by atoms with Gasteiger partial charge in [-0.3, -0.25) is 0 Å². The molecular formula is C17H27NS. The molecule has 2 rings (SSSR count). The van der Waals surface area contributed by atoms with Crippen LogP contribution >= 0.6 is 11.8 Å². The van der Waals surface area contributed by atoms with Crippen LogP contribution in [0.2, 0.25) is 0 Å². The van der Waals surface area contributed by atoms with E-state index in [0.717, 1.165) is 18.5 Å². The van der Waals surface area contributed by atoms with Crippen LogP contribution in [-0.2, 0) is 0 Å². The maximum Gasteiger partial charge on any atom is 0.0106 e. The Morgan fingerprint density at radius 3 is 2.58 bits per heavy atom. The molecule has 0 bridgehead atoms. The van der Waals surface area contributed by atoms with E-state index in [9.17, 15) is 0 Å². The Morgan fingerprint density at radius 2 is 1.89 bits per heavy atom. The van der Waals surface area contributed by atoms with Crippen molar-refractivity contribution < 1.29 is 0 Å². The minimum Gasteiger partial charge on any atom is -0.313 e. The normalized spacial score (nSPS) is 18.4. The van der Waals surface area contributed by atoms with Gasteiger partial charge in [-0.2, -0.15) is 0 Å². The fourth-order valence-electron chi connectivity index (χ4n) is 3.11. The standard InChI is InChI=1S/C17H27NS/c1-2-17(15-9-5-3-6-10-15)18-13-14-19-16-11-7-4-8-12-16/h4,7-8,11-12,15,17-18H,2-3,5-6,9-10,13-14H2,1H3. The summed E-state index contributed by atoms with van der Waals surface area (Å²) in [5.74, 6) is 2.10. The first-order valence-corrected chi connectivity index (χ1v) is 8.80. The molecule has 1 aliphatic rings. The third-order valence-corrected chi connectivity index (χ3v) is 5.19. The van der Waals surface area contributed by atoms with Crippen molar-refractivity contribution in [1.82, 2.24) is 5.32 Å². The first-order valence-electron chi connectivity index (χ1n) is 7.81. The van der Waals surface area contributed by atoms with Crippen LogP contribution in [0.25, 0.3) is 0 Å². The van der Waals surface area contributed by atoms with Gasteiger partial charge in [-0.1, -0.05) is 44.4 Å². The molecule has 1 N–H and O–H groups in total. The van der Waals surface area contributed by atoms with Gasteiger partial charge in [0.1, 0.15) is 0 Å². The van der Waals surface area contributed by atoms with Crippen LogP contribution in [0.3, 0.4) is 0 Å². The minimum absolute atomic E-state index is 0.747. The van der Waals surface area contributed by atoms with Gasteiger partial charge in [0.05, 0.1) is 0 Å². The predicted octanol–water partition coefficient (Wildman–Crippen LogP) is 4.73. The molecule has 1 nitrogen and oxygen atoms in total. The smallest absolute Gasteiger partial charge is 0.0106 e. The zero-order valence-electron chi connectivity index (χ0n) is 12.1. The molecule has 19 heavy (non-hydrogen) atoms. The molecule has 0 aromatic heterocycles. The molecule has 0 saturated heterocycles. The van der Waals surface area contributed by atoms with Crippen LogP contribution in [0.1, 0.15) is 45.4 Å². The van der Waals surface area contributed by atoms with Gasteiger partial charge >= 0.3 is 0 Å². The first-order chi connectivity index (χ1) is 9.40. The van der Waals surface area contributed by atoms with E-state index < -0.39 is 0 Å². The van der Waals surface area contributed by atoms with Gasteiger partial charge in [-0.25, -0.2) is 0 Å². The lowest BCUT2D eigenvalue weighted by atomic mass is 9.83. The summed E-state index contributed by atoms with van der Waals surface area (Å²) in [6.45, 7) is 3.46.